The molecule has 1 unspecified atom stereocenters. The molecule has 0 spiro atoms. The maximum absolute atomic E-state index is 11.0. The second kappa shape index (κ2) is 5.65. The van der Waals surface area contributed by atoms with Crippen molar-refractivity contribution < 1.29 is 9.53 Å². The first-order chi connectivity index (χ1) is 8.01. The molecule has 0 saturated heterocycles. The average Bonchev–Trinajstić information content (AvgIpc) is 2.36. The van der Waals surface area contributed by atoms with Gasteiger partial charge in [0.05, 0.1) is 6.07 Å². The Hall–Kier alpha value is -1.60. The fraction of sp³-hybridized carbons (Fsp3) is 0.231. The predicted octanol–water partition coefficient (Wildman–Crippen LogP) is 2.96. The van der Waals surface area contributed by atoms with Gasteiger partial charge in [-0.15, -0.1) is 0 Å². The van der Waals surface area contributed by atoms with Gasteiger partial charge in [0.25, 0.3) is 0 Å². The van der Waals surface area contributed by atoms with Crippen LogP contribution in [0.4, 0.5) is 0 Å². The molecule has 3 nitrogen and oxygen atoms in total. The van der Waals surface area contributed by atoms with Gasteiger partial charge in [0, 0.05) is 10.5 Å². The number of carbonyl (C=O) groups is 1. The van der Waals surface area contributed by atoms with Gasteiger partial charge in [-0.2, -0.15) is 5.26 Å². The van der Waals surface area contributed by atoms with E-state index in [1.54, 1.807) is 6.92 Å². The first-order valence-electron chi connectivity index (χ1n) is 4.98. The lowest BCUT2D eigenvalue weighted by molar-refractivity contribution is -0.138. The van der Waals surface area contributed by atoms with Gasteiger partial charge >= 0.3 is 5.97 Å². The third-order valence-corrected chi connectivity index (χ3v) is 2.93. The molecule has 0 heterocycles. The second-order valence-electron chi connectivity index (χ2n) is 3.76. The molecule has 0 aliphatic rings. The van der Waals surface area contributed by atoms with Gasteiger partial charge in [-0.25, -0.2) is 4.79 Å². The van der Waals surface area contributed by atoms with Crippen LogP contribution in [-0.2, 0) is 14.9 Å². The molecule has 0 fully saturated rings. The lowest BCUT2D eigenvalue weighted by atomic mass is 9.85. The summed E-state index contributed by atoms with van der Waals surface area (Å²) in [6.07, 6.45) is 1.08. The monoisotopic (exact) mass is 293 g/mol. The number of ether oxygens (including phenoxy) is 1. The lowest BCUT2D eigenvalue weighted by Gasteiger charge is -2.21. The molecule has 4 heteroatoms. The Balaban J connectivity index is 2.89. The van der Waals surface area contributed by atoms with Gasteiger partial charge in [0.2, 0.25) is 0 Å². The Labute approximate surface area is 109 Å². The smallest absolute Gasteiger partial charge is 0.330 e. The molecule has 0 amide bonds. The number of benzene rings is 1. The van der Waals surface area contributed by atoms with E-state index >= 15 is 0 Å². The molecule has 0 radical (unpaired) electrons. The molecule has 0 aliphatic heterocycles. The van der Waals surface area contributed by atoms with Crippen molar-refractivity contribution in [2.75, 3.05) is 6.61 Å². The third kappa shape index (κ3) is 3.43. The number of nitriles is 1. The minimum atomic E-state index is -0.848. The standard InChI is InChI=1S/C13H12BrNO2/c1-3-12(16)17-9-13(2,8-15)10-4-6-11(14)7-5-10/h3-7H,1,9H2,2H3. The summed E-state index contributed by atoms with van der Waals surface area (Å²) in [5.74, 6) is -0.524. The van der Waals surface area contributed by atoms with Crippen molar-refractivity contribution in [1.82, 2.24) is 0 Å². The topological polar surface area (TPSA) is 50.1 Å². The number of nitrogens with zero attached hydrogens (tertiary/aromatic N) is 1. The van der Waals surface area contributed by atoms with E-state index in [1.807, 2.05) is 24.3 Å². The number of esters is 1. The van der Waals surface area contributed by atoms with Gasteiger partial charge < -0.3 is 4.74 Å². The summed E-state index contributed by atoms with van der Waals surface area (Å²) >= 11 is 3.33. The van der Waals surface area contributed by atoms with E-state index in [2.05, 4.69) is 28.6 Å². The summed E-state index contributed by atoms with van der Waals surface area (Å²) in [7, 11) is 0. The Morgan fingerprint density at radius 2 is 2.18 bits per heavy atom. The van der Waals surface area contributed by atoms with Crippen LogP contribution >= 0.6 is 15.9 Å². The van der Waals surface area contributed by atoms with Crippen molar-refractivity contribution >= 4 is 21.9 Å². The summed E-state index contributed by atoms with van der Waals surface area (Å²) in [5.41, 5.74) is -0.0422. The molecule has 0 aliphatic carbocycles. The molecule has 0 bridgehead atoms. The fourth-order valence-electron chi connectivity index (χ4n) is 1.27. The van der Waals surface area contributed by atoms with E-state index in [4.69, 9.17) is 4.74 Å². The molecule has 0 N–H and O–H groups in total. The zero-order valence-electron chi connectivity index (χ0n) is 9.44. The predicted molar refractivity (Wildman–Crippen MR) is 68.3 cm³/mol. The minimum absolute atomic E-state index is 0.00991. The van der Waals surface area contributed by atoms with Crippen molar-refractivity contribution in [2.24, 2.45) is 0 Å². The van der Waals surface area contributed by atoms with Crippen molar-refractivity contribution in [3.8, 4) is 6.07 Å². The SMILES string of the molecule is C=CC(=O)OCC(C)(C#N)c1ccc(Br)cc1. The summed E-state index contributed by atoms with van der Waals surface area (Å²) < 4.78 is 5.88. The van der Waals surface area contributed by atoms with E-state index < -0.39 is 11.4 Å². The maximum atomic E-state index is 11.0. The van der Waals surface area contributed by atoms with E-state index in [1.165, 1.54) is 0 Å². The molecule has 17 heavy (non-hydrogen) atoms. The normalized spacial score (nSPS) is 13.2. The van der Waals surface area contributed by atoms with Crippen molar-refractivity contribution in [1.29, 1.82) is 5.26 Å². The van der Waals surface area contributed by atoms with Crippen LogP contribution in [0.5, 0.6) is 0 Å². The van der Waals surface area contributed by atoms with Crippen LogP contribution in [0, 0.1) is 11.3 Å². The molecule has 0 aromatic heterocycles. The van der Waals surface area contributed by atoms with Crippen LogP contribution < -0.4 is 0 Å². The summed E-state index contributed by atoms with van der Waals surface area (Å²) in [6, 6.07) is 9.52. The van der Waals surface area contributed by atoms with Gasteiger partial charge in [-0.1, -0.05) is 34.6 Å². The maximum Gasteiger partial charge on any atom is 0.330 e. The molecular formula is C13H12BrNO2. The minimum Gasteiger partial charge on any atom is -0.460 e. The Morgan fingerprint density at radius 1 is 1.59 bits per heavy atom. The number of hydrogen-bond donors (Lipinski definition) is 0. The highest BCUT2D eigenvalue weighted by atomic mass is 79.9. The fourth-order valence-corrected chi connectivity index (χ4v) is 1.54. The van der Waals surface area contributed by atoms with Crippen molar-refractivity contribution in [2.45, 2.75) is 12.3 Å². The van der Waals surface area contributed by atoms with E-state index in [0.717, 1.165) is 16.1 Å². The van der Waals surface area contributed by atoms with Crippen LogP contribution in [-0.4, -0.2) is 12.6 Å². The highest BCUT2D eigenvalue weighted by Crippen LogP contribution is 2.25. The quantitative estimate of drug-likeness (QED) is 0.633. The highest BCUT2D eigenvalue weighted by Gasteiger charge is 2.28. The Bertz CT molecular complexity index is 461. The van der Waals surface area contributed by atoms with E-state index in [0.29, 0.717) is 0 Å². The van der Waals surface area contributed by atoms with Crippen LogP contribution in [0.1, 0.15) is 12.5 Å². The molecule has 1 atom stereocenters. The van der Waals surface area contributed by atoms with E-state index in [-0.39, 0.29) is 6.61 Å². The van der Waals surface area contributed by atoms with Gasteiger partial charge in [-0.3, -0.25) is 0 Å². The van der Waals surface area contributed by atoms with E-state index in [9.17, 15) is 10.1 Å². The average molecular weight is 294 g/mol. The van der Waals surface area contributed by atoms with Gasteiger partial charge in [-0.05, 0) is 24.6 Å². The van der Waals surface area contributed by atoms with Gasteiger partial charge in [0.15, 0.2) is 0 Å². The number of rotatable bonds is 4. The lowest BCUT2D eigenvalue weighted by Crippen LogP contribution is -2.27. The van der Waals surface area contributed by atoms with Crippen molar-refractivity contribution in [3.63, 3.8) is 0 Å². The second-order valence-corrected chi connectivity index (χ2v) is 4.68. The summed E-state index contributed by atoms with van der Waals surface area (Å²) in [4.78, 5) is 11.0. The molecule has 1 aromatic rings. The van der Waals surface area contributed by atoms with Gasteiger partial charge in [0.1, 0.15) is 12.0 Å². The number of carbonyl (C=O) groups excluding carboxylic acids is 1. The first kappa shape index (κ1) is 13.5. The highest BCUT2D eigenvalue weighted by molar-refractivity contribution is 9.10. The summed E-state index contributed by atoms with van der Waals surface area (Å²) in [5, 5.41) is 9.21. The van der Waals surface area contributed by atoms with Crippen LogP contribution in [0.2, 0.25) is 0 Å². The van der Waals surface area contributed by atoms with Crippen LogP contribution in [0.25, 0.3) is 0 Å². The zero-order chi connectivity index (χ0) is 12.9. The molecule has 0 saturated carbocycles. The van der Waals surface area contributed by atoms with Crippen LogP contribution in [0.15, 0.2) is 41.4 Å². The number of hydrogen-bond acceptors (Lipinski definition) is 3. The largest absolute Gasteiger partial charge is 0.460 e. The first-order valence-corrected chi connectivity index (χ1v) is 5.77. The molecule has 1 aromatic carbocycles. The molecule has 1 rings (SSSR count). The summed E-state index contributed by atoms with van der Waals surface area (Å²) in [6.45, 7) is 5.05. The Morgan fingerprint density at radius 3 is 2.65 bits per heavy atom. The van der Waals surface area contributed by atoms with Crippen LogP contribution in [0.3, 0.4) is 0 Å². The number of halogens is 1. The molecular weight excluding hydrogens is 282 g/mol. The zero-order valence-corrected chi connectivity index (χ0v) is 11.0. The van der Waals surface area contributed by atoms with Crippen molar-refractivity contribution in [3.05, 3.63) is 47.0 Å². The Kier molecular flexibility index (Phi) is 4.47. The third-order valence-electron chi connectivity index (χ3n) is 2.40. The molecule has 88 valence electrons.